The van der Waals surface area contributed by atoms with Crippen LogP contribution >= 0.6 is 23.4 Å². The van der Waals surface area contributed by atoms with Crippen LogP contribution in [0, 0.1) is 29.6 Å². The molecule has 2 aromatic heterocycles. The number of fused-ring (bicyclic) bond motifs is 1. The minimum absolute atomic E-state index is 0.0336. The molecule has 1 atom stereocenters. The molecule has 0 radical (unpaired) electrons. The Labute approximate surface area is 210 Å². The molecule has 0 saturated heterocycles. The molecule has 5 rings (SSSR count). The fraction of sp³-hybridized carbons (Fsp3) is 0.231. The zero-order valence-electron chi connectivity index (χ0n) is 18.8. The van der Waals surface area contributed by atoms with Crippen molar-refractivity contribution in [2.45, 2.75) is 43.0 Å². The summed E-state index contributed by atoms with van der Waals surface area (Å²) in [5.41, 5.74) is 4.49. The summed E-state index contributed by atoms with van der Waals surface area (Å²) in [6.07, 6.45) is 4.01. The summed E-state index contributed by atoms with van der Waals surface area (Å²) in [5, 5.41) is 12.6. The van der Waals surface area contributed by atoms with Crippen molar-refractivity contribution in [3.8, 4) is 5.69 Å². The molecule has 4 aromatic rings. The Hall–Kier alpha value is -2.97. The maximum Gasteiger partial charge on any atom is 0.216 e. The average Bonchev–Trinajstić information content (AvgIpc) is 3.19. The minimum atomic E-state index is -0.910. The molecule has 0 fully saturated rings. The number of rotatable bonds is 5. The number of pyridine rings is 1. The first-order chi connectivity index (χ1) is 16.8. The highest BCUT2D eigenvalue weighted by Crippen LogP contribution is 2.41. The maximum atomic E-state index is 14.3. The molecule has 2 aromatic carbocycles. The first kappa shape index (κ1) is 23.8. The van der Waals surface area contributed by atoms with Crippen LogP contribution in [-0.4, -0.2) is 9.55 Å². The predicted molar refractivity (Wildman–Crippen MR) is 129 cm³/mol. The Kier molecular flexibility index (Phi) is 6.51. The standard InChI is InChI=1S/C26H21ClF3N3OS/c1-15-11-16(5-10-21(15)27)19-3-2-4-24-25(19)33(18-8-6-17(28)7-9-18)26(31-24)35-14-20-22(29)12-32(34)13-23(20)30/h5-13,19H,2-4,14H2,1H3. The Morgan fingerprint density at radius 2 is 1.83 bits per heavy atom. The van der Waals surface area contributed by atoms with Crippen LogP contribution in [0.25, 0.3) is 5.69 Å². The SMILES string of the molecule is Cc1cc(C2CCCc3nc(SCc4c(F)c[n+]([O-])cc4F)n(-c4ccc(F)cc4)c32)ccc1Cl. The predicted octanol–water partition coefficient (Wildman–Crippen LogP) is 6.65. The molecule has 0 amide bonds. The zero-order valence-corrected chi connectivity index (χ0v) is 20.3. The molecule has 1 aliphatic carbocycles. The molecule has 9 heteroatoms. The molecular weight excluding hydrogens is 495 g/mol. The summed E-state index contributed by atoms with van der Waals surface area (Å²) in [6.45, 7) is 1.96. The van der Waals surface area contributed by atoms with Crippen LogP contribution in [0.5, 0.6) is 0 Å². The maximum absolute atomic E-state index is 14.3. The van der Waals surface area contributed by atoms with E-state index < -0.39 is 11.6 Å². The van der Waals surface area contributed by atoms with Crippen molar-refractivity contribution in [3.63, 3.8) is 0 Å². The van der Waals surface area contributed by atoms with E-state index in [1.807, 2.05) is 23.6 Å². The van der Waals surface area contributed by atoms with E-state index in [0.29, 0.717) is 28.3 Å². The van der Waals surface area contributed by atoms with Gasteiger partial charge in [-0.15, -0.1) is 0 Å². The molecule has 2 heterocycles. The number of aromatic nitrogens is 3. The van der Waals surface area contributed by atoms with Crippen molar-refractivity contribution < 1.29 is 17.9 Å². The van der Waals surface area contributed by atoms with Crippen LogP contribution in [0.4, 0.5) is 13.2 Å². The summed E-state index contributed by atoms with van der Waals surface area (Å²) in [7, 11) is 0. The van der Waals surface area contributed by atoms with Crippen LogP contribution in [-0.2, 0) is 12.2 Å². The van der Waals surface area contributed by atoms with Crippen molar-refractivity contribution in [1.29, 1.82) is 0 Å². The first-order valence-electron chi connectivity index (χ1n) is 11.1. The minimum Gasteiger partial charge on any atom is -0.619 e. The molecular formula is C26H21ClF3N3OS. The van der Waals surface area contributed by atoms with Gasteiger partial charge in [-0.05, 0) is 67.6 Å². The number of thioether (sulfide) groups is 1. The number of imidazole rings is 1. The molecule has 0 bridgehead atoms. The van der Waals surface area contributed by atoms with Gasteiger partial charge in [0.05, 0.1) is 11.4 Å². The summed E-state index contributed by atoms with van der Waals surface area (Å²) in [4.78, 5) is 4.85. The Bertz CT molecular complexity index is 1380. The molecule has 1 unspecified atom stereocenters. The summed E-state index contributed by atoms with van der Waals surface area (Å²) < 4.78 is 44.4. The van der Waals surface area contributed by atoms with E-state index >= 15 is 0 Å². The highest BCUT2D eigenvalue weighted by Gasteiger charge is 2.30. The number of hydrogen-bond acceptors (Lipinski definition) is 3. The second-order valence-corrected chi connectivity index (χ2v) is 9.92. The first-order valence-corrected chi connectivity index (χ1v) is 12.5. The molecule has 0 N–H and O–H groups in total. The van der Waals surface area contributed by atoms with Crippen LogP contribution < -0.4 is 4.73 Å². The van der Waals surface area contributed by atoms with Gasteiger partial charge in [0.15, 0.2) is 16.8 Å². The van der Waals surface area contributed by atoms with Gasteiger partial charge in [0.2, 0.25) is 12.4 Å². The van der Waals surface area contributed by atoms with Gasteiger partial charge in [-0.2, -0.15) is 13.5 Å². The lowest BCUT2D eigenvalue weighted by Crippen LogP contribution is -2.27. The van der Waals surface area contributed by atoms with Crippen molar-refractivity contribution in [3.05, 3.63) is 111 Å². The van der Waals surface area contributed by atoms with Crippen molar-refractivity contribution >= 4 is 23.4 Å². The van der Waals surface area contributed by atoms with E-state index in [2.05, 4.69) is 6.07 Å². The van der Waals surface area contributed by atoms with E-state index in [1.165, 1.54) is 23.9 Å². The second-order valence-electron chi connectivity index (χ2n) is 8.57. The number of aryl methyl sites for hydroxylation is 2. The van der Waals surface area contributed by atoms with E-state index in [1.54, 1.807) is 12.1 Å². The number of benzene rings is 2. The topological polar surface area (TPSA) is 44.8 Å². The molecule has 180 valence electrons. The Balaban J connectivity index is 1.61. The highest BCUT2D eigenvalue weighted by atomic mass is 35.5. The van der Waals surface area contributed by atoms with Gasteiger partial charge in [0, 0.05) is 27.9 Å². The van der Waals surface area contributed by atoms with Crippen LogP contribution in [0.1, 0.15) is 46.8 Å². The summed E-state index contributed by atoms with van der Waals surface area (Å²) >= 11 is 7.44. The average molecular weight is 516 g/mol. The van der Waals surface area contributed by atoms with Gasteiger partial charge < -0.3 is 5.21 Å². The van der Waals surface area contributed by atoms with Gasteiger partial charge in [0.1, 0.15) is 5.82 Å². The van der Waals surface area contributed by atoms with E-state index in [-0.39, 0.29) is 27.8 Å². The van der Waals surface area contributed by atoms with Crippen molar-refractivity contribution in [1.82, 2.24) is 9.55 Å². The molecule has 0 spiro atoms. The third-order valence-corrected chi connectivity index (χ3v) is 7.66. The smallest absolute Gasteiger partial charge is 0.216 e. The van der Waals surface area contributed by atoms with Crippen LogP contribution in [0.2, 0.25) is 5.02 Å². The Morgan fingerprint density at radius 3 is 2.51 bits per heavy atom. The molecule has 1 aliphatic rings. The third kappa shape index (κ3) is 4.65. The normalized spacial score (nSPS) is 15.3. The highest BCUT2D eigenvalue weighted by molar-refractivity contribution is 7.98. The molecule has 4 nitrogen and oxygen atoms in total. The van der Waals surface area contributed by atoms with Gasteiger partial charge in [-0.1, -0.05) is 35.5 Å². The lowest BCUT2D eigenvalue weighted by molar-refractivity contribution is -0.609. The van der Waals surface area contributed by atoms with Gasteiger partial charge in [-0.3, -0.25) is 4.57 Å². The fourth-order valence-corrected chi connectivity index (χ4v) is 5.73. The molecule has 0 saturated carbocycles. The number of halogens is 4. The van der Waals surface area contributed by atoms with Crippen molar-refractivity contribution in [2.24, 2.45) is 0 Å². The molecule has 35 heavy (non-hydrogen) atoms. The molecule has 0 aliphatic heterocycles. The van der Waals surface area contributed by atoms with E-state index in [9.17, 15) is 18.4 Å². The summed E-state index contributed by atoms with van der Waals surface area (Å²) in [6, 6.07) is 12.1. The van der Waals surface area contributed by atoms with E-state index in [0.717, 1.165) is 41.8 Å². The van der Waals surface area contributed by atoms with Gasteiger partial charge >= 0.3 is 0 Å². The van der Waals surface area contributed by atoms with Crippen molar-refractivity contribution in [2.75, 3.05) is 0 Å². The largest absolute Gasteiger partial charge is 0.619 e. The quantitative estimate of drug-likeness (QED) is 0.170. The Morgan fingerprint density at radius 1 is 1.11 bits per heavy atom. The van der Waals surface area contributed by atoms with Gasteiger partial charge in [0.25, 0.3) is 0 Å². The van der Waals surface area contributed by atoms with Gasteiger partial charge in [-0.25, -0.2) is 9.37 Å². The number of hydrogen-bond donors (Lipinski definition) is 0. The number of nitrogens with zero attached hydrogens (tertiary/aromatic N) is 3. The second kappa shape index (κ2) is 9.59. The fourth-order valence-electron chi connectivity index (χ4n) is 4.56. The lowest BCUT2D eigenvalue weighted by Gasteiger charge is -2.25. The lowest BCUT2D eigenvalue weighted by atomic mass is 9.83. The third-order valence-electron chi connectivity index (χ3n) is 6.27. The summed E-state index contributed by atoms with van der Waals surface area (Å²) in [5.74, 6) is -2.20. The van der Waals surface area contributed by atoms with Crippen LogP contribution in [0.3, 0.4) is 0 Å². The van der Waals surface area contributed by atoms with E-state index in [4.69, 9.17) is 16.6 Å². The zero-order chi connectivity index (χ0) is 24.7. The monoisotopic (exact) mass is 515 g/mol. The van der Waals surface area contributed by atoms with Crippen LogP contribution in [0.15, 0.2) is 60.0 Å².